The van der Waals surface area contributed by atoms with Gasteiger partial charge in [0.2, 0.25) is 0 Å². The molecule has 19 heavy (non-hydrogen) atoms. The highest BCUT2D eigenvalue weighted by Gasteiger charge is 2.31. The number of nitrogens with zero attached hydrogens (tertiary/aromatic N) is 1. The van der Waals surface area contributed by atoms with Gasteiger partial charge in [-0.2, -0.15) is 0 Å². The van der Waals surface area contributed by atoms with Gasteiger partial charge >= 0.3 is 12.1 Å². The number of halogens is 1. The molecule has 1 unspecified atom stereocenters. The van der Waals surface area contributed by atoms with Gasteiger partial charge in [-0.05, 0) is 24.1 Å². The molecule has 1 aromatic carbocycles. The molecule has 1 atom stereocenters. The number of likely N-dealkylation sites (tertiary alicyclic amines) is 1. The molecular formula is C13H14FNO4. The van der Waals surface area contributed by atoms with Crippen molar-refractivity contribution in [2.24, 2.45) is 5.92 Å². The van der Waals surface area contributed by atoms with E-state index in [9.17, 15) is 14.0 Å². The smallest absolute Gasteiger partial charge is 0.410 e. The van der Waals surface area contributed by atoms with E-state index in [1.54, 1.807) is 0 Å². The average molecular weight is 267 g/mol. The van der Waals surface area contributed by atoms with E-state index in [1.165, 1.54) is 29.2 Å². The number of rotatable bonds is 3. The van der Waals surface area contributed by atoms with Crippen molar-refractivity contribution in [1.82, 2.24) is 4.90 Å². The van der Waals surface area contributed by atoms with Crippen LogP contribution in [0.5, 0.6) is 0 Å². The number of amides is 1. The zero-order valence-corrected chi connectivity index (χ0v) is 10.2. The molecule has 0 spiro atoms. The Morgan fingerprint density at radius 3 is 2.63 bits per heavy atom. The summed E-state index contributed by atoms with van der Waals surface area (Å²) in [6.07, 6.45) is -0.0888. The third-order valence-corrected chi connectivity index (χ3v) is 3.07. The van der Waals surface area contributed by atoms with Crippen LogP contribution in [0.1, 0.15) is 12.0 Å². The summed E-state index contributed by atoms with van der Waals surface area (Å²) >= 11 is 0. The van der Waals surface area contributed by atoms with Crippen LogP contribution in [0.25, 0.3) is 0 Å². The zero-order chi connectivity index (χ0) is 13.8. The lowest BCUT2D eigenvalue weighted by molar-refractivity contribution is -0.141. The molecule has 0 aliphatic carbocycles. The predicted octanol–water partition coefficient (Wildman–Crippen LogP) is 1.87. The van der Waals surface area contributed by atoms with Crippen LogP contribution in [0.15, 0.2) is 24.3 Å². The minimum absolute atomic E-state index is 0.0490. The first-order valence-corrected chi connectivity index (χ1v) is 5.95. The highest BCUT2D eigenvalue weighted by Crippen LogP contribution is 2.17. The number of hydrogen-bond acceptors (Lipinski definition) is 3. The van der Waals surface area contributed by atoms with E-state index in [2.05, 4.69) is 0 Å². The Morgan fingerprint density at radius 2 is 2.05 bits per heavy atom. The van der Waals surface area contributed by atoms with Crippen LogP contribution < -0.4 is 0 Å². The monoisotopic (exact) mass is 267 g/mol. The molecule has 1 N–H and O–H groups in total. The molecule has 0 radical (unpaired) electrons. The lowest BCUT2D eigenvalue weighted by Crippen LogP contribution is -2.30. The van der Waals surface area contributed by atoms with E-state index < -0.39 is 18.0 Å². The molecular weight excluding hydrogens is 253 g/mol. The lowest BCUT2D eigenvalue weighted by atomic mass is 10.1. The van der Waals surface area contributed by atoms with E-state index in [0.717, 1.165) is 0 Å². The highest BCUT2D eigenvalue weighted by molar-refractivity contribution is 5.74. The van der Waals surface area contributed by atoms with Gasteiger partial charge in [-0.1, -0.05) is 12.1 Å². The molecule has 1 saturated heterocycles. The largest absolute Gasteiger partial charge is 0.481 e. The molecule has 1 aliphatic rings. The van der Waals surface area contributed by atoms with E-state index >= 15 is 0 Å². The summed E-state index contributed by atoms with van der Waals surface area (Å²) in [6, 6.07) is 5.65. The quantitative estimate of drug-likeness (QED) is 0.907. The maximum Gasteiger partial charge on any atom is 0.410 e. The number of carbonyl (C=O) groups is 2. The van der Waals surface area contributed by atoms with Crippen LogP contribution in [0.4, 0.5) is 9.18 Å². The van der Waals surface area contributed by atoms with Gasteiger partial charge in [-0.25, -0.2) is 9.18 Å². The van der Waals surface area contributed by atoms with Gasteiger partial charge in [0.05, 0.1) is 5.92 Å². The Morgan fingerprint density at radius 1 is 1.37 bits per heavy atom. The minimum atomic E-state index is -0.895. The summed E-state index contributed by atoms with van der Waals surface area (Å²) in [5, 5.41) is 8.83. The summed E-state index contributed by atoms with van der Waals surface area (Å²) in [4.78, 5) is 23.8. The van der Waals surface area contributed by atoms with Crippen LogP contribution >= 0.6 is 0 Å². The Kier molecular flexibility index (Phi) is 3.99. The van der Waals surface area contributed by atoms with Crippen molar-refractivity contribution in [3.8, 4) is 0 Å². The first kappa shape index (κ1) is 13.3. The third-order valence-electron chi connectivity index (χ3n) is 3.07. The lowest BCUT2D eigenvalue weighted by Gasteiger charge is -2.15. The van der Waals surface area contributed by atoms with E-state index in [-0.39, 0.29) is 19.0 Å². The Labute approximate surface area is 109 Å². The normalized spacial score (nSPS) is 18.4. The maximum absolute atomic E-state index is 12.7. The molecule has 0 bridgehead atoms. The van der Waals surface area contributed by atoms with Crippen LogP contribution in [0.2, 0.25) is 0 Å². The first-order chi connectivity index (χ1) is 9.06. The summed E-state index contributed by atoms with van der Waals surface area (Å²) in [5.41, 5.74) is 0.684. The van der Waals surface area contributed by atoms with Gasteiger partial charge in [0.25, 0.3) is 0 Å². The van der Waals surface area contributed by atoms with Crippen LogP contribution in [-0.4, -0.2) is 35.2 Å². The van der Waals surface area contributed by atoms with E-state index in [1.807, 2.05) is 0 Å². The van der Waals surface area contributed by atoms with Crippen LogP contribution in [0, 0.1) is 11.7 Å². The van der Waals surface area contributed by atoms with Crippen molar-refractivity contribution in [1.29, 1.82) is 0 Å². The topological polar surface area (TPSA) is 66.8 Å². The average Bonchev–Trinajstić information content (AvgIpc) is 2.87. The second-order valence-electron chi connectivity index (χ2n) is 4.45. The number of carboxylic acids is 1. The third kappa shape index (κ3) is 3.43. The molecule has 2 rings (SSSR count). The van der Waals surface area contributed by atoms with Gasteiger partial charge < -0.3 is 14.7 Å². The molecule has 0 aromatic heterocycles. The molecule has 0 saturated carbocycles. The van der Waals surface area contributed by atoms with Crippen LogP contribution in [0.3, 0.4) is 0 Å². The van der Waals surface area contributed by atoms with Gasteiger partial charge in [-0.3, -0.25) is 4.79 Å². The highest BCUT2D eigenvalue weighted by atomic mass is 19.1. The second-order valence-corrected chi connectivity index (χ2v) is 4.45. The standard InChI is InChI=1S/C13H14FNO4/c14-11-3-1-9(2-4-11)8-19-13(18)15-6-5-10(7-15)12(16)17/h1-4,10H,5-8H2,(H,16,17). The number of aliphatic carboxylic acids is 1. The molecule has 102 valence electrons. The number of carboxylic acid groups (broad SMARTS) is 1. The van der Waals surface area contributed by atoms with Crippen molar-refractivity contribution in [3.05, 3.63) is 35.6 Å². The molecule has 1 aliphatic heterocycles. The summed E-state index contributed by atoms with van der Waals surface area (Å²) in [7, 11) is 0. The predicted molar refractivity (Wildman–Crippen MR) is 63.9 cm³/mol. The fraction of sp³-hybridized carbons (Fsp3) is 0.385. The number of benzene rings is 1. The van der Waals surface area contributed by atoms with Gasteiger partial charge in [-0.15, -0.1) is 0 Å². The van der Waals surface area contributed by atoms with Crippen molar-refractivity contribution < 1.29 is 23.8 Å². The number of ether oxygens (including phenoxy) is 1. The Hall–Kier alpha value is -2.11. The summed E-state index contributed by atoms with van der Waals surface area (Å²) in [5.74, 6) is -1.76. The Balaban J connectivity index is 1.82. The fourth-order valence-corrected chi connectivity index (χ4v) is 1.94. The van der Waals surface area contributed by atoms with E-state index in [4.69, 9.17) is 9.84 Å². The minimum Gasteiger partial charge on any atom is -0.481 e. The SMILES string of the molecule is O=C(O)C1CCN(C(=O)OCc2ccc(F)cc2)C1. The van der Waals surface area contributed by atoms with Crippen molar-refractivity contribution in [2.75, 3.05) is 13.1 Å². The van der Waals surface area contributed by atoms with E-state index in [0.29, 0.717) is 18.5 Å². The van der Waals surface area contributed by atoms with Gasteiger partial charge in [0, 0.05) is 13.1 Å². The number of carbonyl (C=O) groups excluding carboxylic acids is 1. The van der Waals surface area contributed by atoms with Crippen molar-refractivity contribution in [3.63, 3.8) is 0 Å². The van der Waals surface area contributed by atoms with Crippen molar-refractivity contribution >= 4 is 12.1 Å². The molecule has 1 amide bonds. The maximum atomic E-state index is 12.7. The number of hydrogen-bond donors (Lipinski definition) is 1. The fourth-order valence-electron chi connectivity index (χ4n) is 1.94. The molecule has 6 heteroatoms. The summed E-state index contributed by atoms with van der Waals surface area (Å²) < 4.78 is 17.7. The second kappa shape index (κ2) is 5.69. The van der Waals surface area contributed by atoms with Crippen molar-refractivity contribution in [2.45, 2.75) is 13.0 Å². The Bertz CT molecular complexity index is 474. The molecule has 1 fully saturated rings. The first-order valence-electron chi connectivity index (χ1n) is 5.95. The van der Waals surface area contributed by atoms with Crippen LogP contribution in [-0.2, 0) is 16.1 Å². The summed E-state index contributed by atoms with van der Waals surface area (Å²) in [6.45, 7) is 0.615. The molecule has 1 heterocycles. The zero-order valence-electron chi connectivity index (χ0n) is 10.2. The molecule has 5 nitrogen and oxygen atoms in total. The van der Waals surface area contributed by atoms with Gasteiger partial charge in [0.15, 0.2) is 0 Å². The molecule has 1 aromatic rings. The van der Waals surface area contributed by atoms with Gasteiger partial charge in [0.1, 0.15) is 12.4 Å².